The summed E-state index contributed by atoms with van der Waals surface area (Å²) in [5.74, 6) is 1.44. The van der Waals surface area contributed by atoms with E-state index in [1.54, 1.807) is 6.20 Å². The molecule has 1 N–H and O–H groups in total. The molecule has 2 aromatic heterocycles. The number of aromatic amines is 1. The van der Waals surface area contributed by atoms with Gasteiger partial charge in [-0.15, -0.1) is 5.10 Å². The minimum absolute atomic E-state index is 0.711. The Balaban J connectivity index is 2.26. The lowest BCUT2D eigenvalue weighted by molar-refractivity contribution is 0.824. The molecule has 84 valence electrons. The van der Waals surface area contributed by atoms with Crippen LogP contribution in [0.3, 0.4) is 0 Å². The highest BCUT2D eigenvalue weighted by Crippen LogP contribution is 2.14. The van der Waals surface area contributed by atoms with Gasteiger partial charge >= 0.3 is 0 Å². The molecule has 0 fully saturated rings. The second-order valence-corrected chi connectivity index (χ2v) is 3.37. The Morgan fingerprint density at radius 3 is 2.69 bits per heavy atom. The lowest BCUT2D eigenvalue weighted by Crippen LogP contribution is -2.23. The van der Waals surface area contributed by atoms with E-state index < -0.39 is 0 Å². The Labute approximate surface area is 94.5 Å². The maximum atomic E-state index is 4.42. The third-order valence-electron chi connectivity index (χ3n) is 2.43. The van der Waals surface area contributed by atoms with Gasteiger partial charge in [-0.05, 0) is 26.0 Å². The molecule has 0 saturated heterocycles. The molecule has 5 nitrogen and oxygen atoms in total. The highest BCUT2D eigenvalue weighted by molar-refractivity contribution is 5.50. The van der Waals surface area contributed by atoms with Crippen molar-refractivity contribution in [3.63, 3.8) is 0 Å². The average Bonchev–Trinajstić information content (AvgIpc) is 2.81. The summed E-state index contributed by atoms with van der Waals surface area (Å²) < 4.78 is 0. The summed E-state index contributed by atoms with van der Waals surface area (Å²) in [6, 6.07) is 5.72. The molecule has 0 spiro atoms. The Kier molecular flexibility index (Phi) is 3.14. The zero-order valence-electron chi connectivity index (χ0n) is 9.51. The lowest BCUT2D eigenvalue weighted by Gasteiger charge is -2.14. The molecule has 0 bridgehead atoms. The van der Waals surface area contributed by atoms with Gasteiger partial charge in [0.25, 0.3) is 0 Å². The van der Waals surface area contributed by atoms with E-state index in [0.717, 1.165) is 24.7 Å². The van der Waals surface area contributed by atoms with Gasteiger partial charge in [0, 0.05) is 19.3 Å². The second kappa shape index (κ2) is 4.74. The summed E-state index contributed by atoms with van der Waals surface area (Å²) >= 11 is 0. The molecule has 0 unspecified atom stereocenters. The average molecular weight is 217 g/mol. The Morgan fingerprint density at radius 1 is 1.25 bits per heavy atom. The highest BCUT2D eigenvalue weighted by atomic mass is 15.4. The minimum Gasteiger partial charge on any atom is -0.340 e. The van der Waals surface area contributed by atoms with Gasteiger partial charge in [-0.2, -0.15) is 4.98 Å². The van der Waals surface area contributed by atoms with Crippen molar-refractivity contribution >= 4 is 5.95 Å². The van der Waals surface area contributed by atoms with Crippen LogP contribution in [0.5, 0.6) is 0 Å². The van der Waals surface area contributed by atoms with Crippen LogP contribution < -0.4 is 4.90 Å². The number of rotatable bonds is 4. The van der Waals surface area contributed by atoms with Crippen molar-refractivity contribution in [1.82, 2.24) is 20.2 Å². The van der Waals surface area contributed by atoms with Crippen LogP contribution in [0.4, 0.5) is 5.95 Å². The first-order chi connectivity index (χ1) is 7.85. The first kappa shape index (κ1) is 10.6. The van der Waals surface area contributed by atoms with E-state index in [1.165, 1.54) is 0 Å². The molecule has 2 heterocycles. The van der Waals surface area contributed by atoms with Crippen molar-refractivity contribution in [1.29, 1.82) is 0 Å². The number of H-pyrrole nitrogens is 1. The van der Waals surface area contributed by atoms with Gasteiger partial charge in [-0.25, -0.2) is 0 Å². The summed E-state index contributed by atoms with van der Waals surface area (Å²) in [6.07, 6.45) is 1.74. The predicted octanol–water partition coefficient (Wildman–Crippen LogP) is 1.71. The van der Waals surface area contributed by atoms with E-state index >= 15 is 0 Å². The van der Waals surface area contributed by atoms with Crippen LogP contribution in [0, 0.1) is 0 Å². The van der Waals surface area contributed by atoms with E-state index in [1.807, 2.05) is 18.2 Å². The molecule has 0 amide bonds. The van der Waals surface area contributed by atoms with Crippen molar-refractivity contribution in [2.75, 3.05) is 18.0 Å². The molecule has 0 atom stereocenters. The molecule has 0 aromatic carbocycles. The van der Waals surface area contributed by atoms with Gasteiger partial charge in [-0.3, -0.25) is 10.1 Å². The van der Waals surface area contributed by atoms with E-state index in [4.69, 9.17) is 0 Å². The van der Waals surface area contributed by atoms with Gasteiger partial charge in [0.05, 0.1) is 0 Å². The standard InChI is InChI=1S/C11H15N5/c1-3-16(4-2)11-13-10(14-15-11)9-7-5-6-8-12-9/h5-8H,3-4H2,1-2H3,(H,13,14,15). The number of nitrogens with zero attached hydrogens (tertiary/aromatic N) is 4. The van der Waals surface area contributed by atoms with E-state index in [0.29, 0.717) is 5.82 Å². The second-order valence-electron chi connectivity index (χ2n) is 3.37. The van der Waals surface area contributed by atoms with Crippen molar-refractivity contribution in [3.8, 4) is 11.5 Å². The molecular formula is C11H15N5. The van der Waals surface area contributed by atoms with Crippen LogP contribution in [-0.2, 0) is 0 Å². The Bertz CT molecular complexity index is 433. The largest absolute Gasteiger partial charge is 0.340 e. The molecular weight excluding hydrogens is 202 g/mol. The van der Waals surface area contributed by atoms with Gasteiger partial charge in [-0.1, -0.05) is 6.07 Å². The Hall–Kier alpha value is -1.91. The molecule has 0 radical (unpaired) electrons. The molecule has 2 aromatic rings. The third-order valence-corrected chi connectivity index (χ3v) is 2.43. The molecule has 0 aliphatic heterocycles. The molecule has 0 aliphatic carbocycles. The monoisotopic (exact) mass is 217 g/mol. The summed E-state index contributed by atoms with van der Waals surface area (Å²) in [5.41, 5.74) is 0.813. The summed E-state index contributed by atoms with van der Waals surface area (Å²) in [4.78, 5) is 10.7. The first-order valence-electron chi connectivity index (χ1n) is 5.44. The van der Waals surface area contributed by atoms with Crippen molar-refractivity contribution in [3.05, 3.63) is 24.4 Å². The van der Waals surface area contributed by atoms with Crippen LogP contribution in [0.1, 0.15) is 13.8 Å². The number of pyridine rings is 1. The Morgan fingerprint density at radius 2 is 2.06 bits per heavy atom. The van der Waals surface area contributed by atoms with Crippen molar-refractivity contribution in [2.45, 2.75) is 13.8 Å². The van der Waals surface area contributed by atoms with Gasteiger partial charge in [0.15, 0.2) is 5.82 Å². The number of anilines is 1. The van der Waals surface area contributed by atoms with Crippen LogP contribution >= 0.6 is 0 Å². The predicted molar refractivity (Wildman–Crippen MR) is 63.2 cm³/mol. The van der Waals surface area contributed by atoms with Crippen molar-refractivity contribution in [2.24, 2.45) is 0 Å². The number of hydrogen-bond donors (Lipinski definition) is 1. The van der Waals surface area contributed by atoms with Crippen LogP contribution in [0.2, 0.25) is 0 Å². The topological polar surface area (TPSA) is 57.7 Å². The van der Waals surface area contributed by atoms with Crippen LogP contribution in [-0.4, -0.2) is 33.3 Å². The SMILES string of the molecule is CCN(CC)c1n[nH]c(-c2ccccn2)n1. The smallest absolute Gasteiger partial charge is 0.245 e. The summed E-state index contributed by atoms with van der Waals surface area (Å²) in [6.45, 7) is 5.96. The van der Waals surface area contributed by atoms with E-state index in [9.17, 15) is 0 Å². The molecule has 0 saturated carbocycles. The highest BCUT2D eigenvalue weighted by Gasteiger charge is 2.10. The number of hydrogen-bond acceptors (Lipinski definition) is 4. The van der Waals surface area contributed by atoms with Crippen molar-refractivity contribution < 1.29 is 0 Å². The minimum atomic E-state index is 0.711. The quantitative estimate of drug-likeness (QED) is 0.847. The number of aromatic nitrogens is 4. The molecule has 0 aliphatic rings. The normalized spacial score (nSPS) is 10.4. The lowest BCUT2D eigenvalue weighted by atomic mass is 10.3. The van der Waals surface area contributed by atoms with Gasteiger partial charge < -0.3 is 4.90 Å². The third kappa shape index (κ3) is 2.03. The van der Waals surface area contributed by atoms with Gasteiger partial charge in [0.2, 0.25) is 5.95 Å². The zero-order valence-corrected chi connectivity index (χ0v) is 9.51. The fourth-order valence-corrected chi connectivity index (χ4v) is 1.52. The van der Waals surface area contributed by atoms with Crippen LogP contribution in [0.15, 0.2) is 24.4 Å². The molecule has 5 heteroatoms. The maximum absolute atomic E-state index is 4.42. The van der Waals surface area contributed by atoms with Gasteiger partial charge in [0.1, 0.15) is 5.69 Å². The first-order valence-corrected chi connectivity index (χ1v) is 5.44. The molecule has 16 heavy (non-hydrogen) atoms. The fraction of sp³-hybridized carbons (Fsp3) is 0.364. The molecule has 2 rings (SSSR count). The van der Waals surface area contributed by atoms with E-state index in [-0.39, 0.29) is 0 Å². The summed E-state index contributed by atoms with van der Waals surface area (Å²) in [5, 5.41) is 7.09. The maximum Gasteiger partial charge on any atom is 0.245 e. The fourth-order valence-electron chi connectivity index (χ4n) is 1.52. The zero-order chi connectivity index (χ0) is 11.4. The number of nitrogens with one attached hydrogen (secondary N) is 1. The summed E-state index contributed by atoms with van der Waals surface area (Å²) in [7, 11) is 0. The van der Waals surface area contributed by atoms with Crippen LogP contribution in [0.25, 0.3) is 11.5 Å². The van der Waals surface area contributed by atoms with E-state index in [2.05, 4.69) is 38.9 Å².